The normalized spacial score (nSPS) is 10.7. The predicted molar refractivity (Wildman–Crippen MR) is 68.8 cm³/mol. The highest BCUT2D eigenvalue weighted by Gasteiger charge is 2.04. The third kappa shape index (κ3) is 1.78. The summed E-state index contributed by atoms with van der Waals surface area (Å²) in [5, 5.41) is 9.41. The van der Waals surface area contributed by atoms with Gasteiger partial charge in [-0.3, -0.25) is 0 Å². The number of aromatic nitrogens is 2. The Morgan fingerprint density at radius 2 is 1.83 bits per heavy atom. The zero-order valence-corrected chi connectivity index (χ0v) is 9.87. The Hall–Kier alpha value is -2.49. The number of methoxy groups -OCH3 is 1. The van der Waals surface area contributed by atoms with Gasteiger partial charge in [0.05, 0.1) is 19.0 Å². The van der Waals surface area contributed by atoms with Crippen LogP contribution in [0.15, 0.2) is 48.8 Å². The molecule has 1 aromatic carbocycles. The second kappa shape index (κ2) is 4.07. The molecule has 0 unspecified atom stereocenters. The average molecular weight is 240 g/mol. The van der Waals surface area contributed by atoms with Crippen molar-refractivity contribution in [2.24, 2.45) is 0 Å². The lowest BCUT2D eigenvalue weighted by Crippen LogP contribution is -1.82. The molecule has 2 aromatic heterocycles. The van der Waals surface area contributed by atoms with Gasteiger partial charge >= 0.3 is 0 Å². The maximum absolute atomic E-state index is 9.41. The van der Waals surface area contributed by atoms with Crippen LogP contribution in [0.2, 0.25) is 0 Å². The van der Waals surface area contributed by atoms with Crippen LogP contribution in [-0.2, 0) is 0 Å². The van der Waals surface area contributed by atoms with Gasteiger partial charge < -0.3 is 14.2 Å². The molecule has 0 aliphatic heterocycles. The summed E-state index contributed by atoms with van der Waals surface area (Å²) in [5.74, 6) is 1.04. The van der Waals surface area contributed by atoms with Crippen LogP contribution in [0.5, 0.6) is 11.5 Å². The first-order chi connectivity index (χ1) is 8.76. The Balaban J connectivity index is 2.07. The first-order valence-corrected chi connectivity index (χ1v) is 5.58. The molecule has 18 heavy (non-hydrogen) atoms. The van der Waals surface area contributed by atoms with E-state index in [0.29, 0.717) is 0 Å². The second-order valence-electron chi connectivity index (χ2n) is 4.01. The Kier molecular flexibility index (Phi) is 2.41. The summed E-state index contributed by atoms with van der Waals surface area (Å²) in [6.07, 6.45) is 3.52. The summed E-state index contributed by atoms with van der Waals surface area (Å²) in [5.41, 5.74) is 2.68. The fraction of sp³-hybridized carbons (Fsp3) is 0.0714. The molecule has 3 aromatic rings. The molecular weight excluding hydrogens is 228 g/mol. The van der Waals surface area contributed by atoms with E-state index in [1.54, 1.807) is 29.8 Å². The van der Waals surface area contributed by atoms with Crippen LogP contribution in [-0.4, -0.2) is 21.6 Å². The monoisotopic (exact) mass is 240 g/mol. The number of benzene rings is 1. The molecule has 0 aliphatic carbocycles. The van der Waals surface area contributed by atoms with Crippen molar-refractivity contribution in [1.29, 1.82) is 0 Å². The van der Waals surface area contributed by atoms with Crippen molar-refractivity contribution in [1.82, 2.24) is 9.38 Å². The molecule has 4 heteroatoms. The first kappa shape index (κ1) is 10.7. The van der Waals surface area contributed by atoms with Crippen molar-refractivity contribution in [3.63, 3.8) is 0 Å². The molecule has 2 heterocycles. The molecule has 0 bridgehead atoms. The number of ether oxygens (including phenoxy) is 1. The quantitative estimate of drug-likeness (QED) is 0.749. The van der Waals surface area contributed by atoms with Crippen LogP contribution < -0.4 is 4.74 Å². The molecule has 1 N–H and O–H groups in total. The van der Waals surface area contributed by atoms with Crippen molar-refractivity contribution >= 4 is 5.65 Å². The third-order valence-electron chi connectivity index (χ3n) is 2.82. The molecule has 0 saturated carbocycles. The first-order valence-electron chi connectivity index (χ1n) is 5.58. The average Bonchev–Trinajstić information content (AvgIpc) is 2.81. The largest absolute Gasteiger partial charge is 0.506 e. The van der Waals surface area contributed by atoms with Gasteiger partial charge in [0.2, 0.25) is 0 Å². The highest BCUT2D eigenvalue weighted by Crippen LogP contribution is 2.22. The number of hydrogen-bond donors (Lipinski definition) is 1. The van der Waals surface area contributed by atoms with Gasteiger partial charge in [-0.25, -0.2) is 4.98 Å². The van der Waals surface area contributed by atoms with E-state index in [2.05, 4.69) is 4.98 Å². The molecule has 0 amide bonds. The highest BCUT2D eigenvalue weighted by atomic mass is 16.5. The van der Waals surface area contributed by atoms with Gasteiger partial charge in [-0.05, 0) is 36.4 Å². The van der Waals surface area contributed by atoms with Crippen LogP contribution in [0.3, 0.4) is 0 Å². The molecule has 0 aliphatic rings. The van der Waals surface area contributed by atoms with Crippen molar-refractivity contribution in [3.8, 4) is 22.8 Å². The molecular formula is C14H12N2O2. The summed E-state index contributed by atoms with van der Waals surface area (Å²) in [7, 11) is 1.64. The van der Waals surface area contributed by atoms with E-state index >= 15 is 0 Å². The lowest BCUT2D eigenvalue weighted by molar-refractivity contribution is 0.415. The highest BCUT2D eigenvalue weighted by molar-refractivity contribution is 5.63. The Labute approximate surface area is 104 Å². The molecule has 0 spiro atoms. The Bertz CT molecular complexity index is 687. The van der Waals surface area contributed by atoms with E-state index in [1.807, 2.05) is 30.5 Å². The standard InChI is InChI=1S/C14H12N2O2/c1-18-12-5-2-10(3-6-12)13-9-16-8-11(17)4-7-14(16)15-13/h2-9,17H,1H3. The zero-order valence-electron chi connectivity index (χ0n) is 9.87. The summed E-state index contributed by atoms with van der Waals surface area (Å²) in [6, 6.07) is 11.1. The molecule has 0 saturated heterocycles. The van der Waals surface area contributed by atoms with Crippen LogP contribution in [0.25, 0.3) is 16.9 Å². The zero-order chi connectivity index (χ0) is 12.5. The Morgan fingerprint density at radius 1 is 1.06 bits per heavy atom. The molecule has 90 valence electrons. The topological polar surface area (TPSA) is 46.8 Å². The third-order valence-corrected chi connectivity index (χ3v) is 2.82. The minimum Gasteiger partial charge on any atom is -0.506 e. The molecule has 3 rings (SSSR count). The summed E-state index contributed by atoms with van der Waals surface area (Å²) >= 11 is 0. The van der Waals surface area contributed by atoms with Gasteiger partial charge in [-0.2, -0.15) is 0 Å². The molecule has 0 fully saturated rings. The number of imidazole rings is 1. The fourth-order valence-corrected chi connectivity index (χ4v) is 1.88. The van der Waals surface area contributed by atoms with E-state index in [-0.39, 0.29) is 5.75 Å². The summed E-state index contributed by atoms with van der Waals surface area (Å²) in [4.78, 5) is 4.49. The molecule has 0 atom stereocenters. The SMILES string of the molecule is COc1ccc(-c2cn3cc(O)ccc3n2)cc1. The van der Waals surface area contributed by atoms with Crippen molar-refractivity contribution < 1.29 is 9.84 Å². The van der Waals surface area contributed by atoms with Crippen molar-refractivity contribution in [2.45, 2.75) is 0 Å². The number of rotatable bonds is 2. The number of pyridine rings is 1. The van der Waals surface area contributed by atoms with Crippen LogP contribution in [0.4, 0.5) is 0 Å². The number of aromatic hydroxyl groups is 1. The number of fused-ring (bicyclic) bond motifs is 1. The fourth-order valence-electron chi connectivity index (χ4n) is 1.88. The van der Waals surface area contributed by atoms with Gasteiger partial charge in [0, 0.05) is 11.8 Å². The smallest absolute Gasteiger partial charge is 0.137 e. The lowest BCUT2D eigenvalue weighted by atomic mass is 10.2. The van der Waals surface area contributed by atoms with Gasteiger partial charge in [0.1, 0.15) is 17.1 Å². The van der Waals surface area contributed by atoms with Crippen LogP contribution in [0, 0.1) is 0 Å². The molecule has 0 radical (unpaired) electrons. The van der Waals surface area contributed by atoms with Crippen LogP contribution >= 0.6 is 0 Å². The predicted octanol–water partition coefficient (Wildman–Crippen LogP) is 2.72. The second-order valence-corrected chi connectivity index (χ2v) is 4.01. The molecule has 4 nitrogen and oxygen atoms in total. The minimum absolute atomic E-state index is 0.223. The Morgan fingerprint density at radius 3 is 2.56 bits per heavy atom. The van der Waals surface area contributed by atoms with Gasteiger partial charge in [0.25, 0.3) is 0 Å². The summed E-state index contributed by atoms with van der Waals surface area (Å²) < 4.78 is 6.92. The number of hydrogen-bond acceptors (Lipinski definition) is 3. The maximum atomic E-state index is 9.41. The van der Waals surface area contributed by atoms with E-state index in [1.165, 1.54) is 0 Å². The van der Waals surface area contributed by atoms with E-state index in [4.69, 9.17) is 4.74 Å². The van der Waals surface area contributed by atoms with E-state index in [9.17, 15) is 5.11 Å². The summed E-state index contributed by atoms with van der Waals surface area (Å²) in [6.45, 7) is 0. The lowest BCUT2D eigenvalue weighted by Gasteiger charge is -1.99. The van der Waals surface area contributed by atoms with E-state index in [0.717, 1.165) is 22.7 Å². The van der Waals surface area contributed by atoms with Crippen LogP contribution in [0.1, 0.15) is 0 Å². The van der Waals surface area contributed by atoms with E-state index < -0.39 is 0 Å². The number of nitrogens with zero attached hydrogens (tertiary/aromatic N) is 2. The van der Waals surface area contributed by atoms with Gasteiger partial charge in [0.15, 0.2) is 0 Å². The van der Waals surface area contributed by atoms with Gasteiger partial charge in [-0.1, -0.05) is 0 Å². The maximum Gasteiger partial charge on any atom is 0.137 e. The van der Waals surface area contributed by atoms with Gasteiger partial charge in [-0.15, -0.1) is 0 Å². The van der Waals surface area contributed by atoms with Crippen molar-refractivity contribution in [2.75, 3.05) is 7.11 Å². The van der Waals surface area contributed by atoms with Crippen molar-refractivity contribution in [3.05, 3.63) is 48.8 Å². The minimum atomic E-state index is 0.223.